The molecule has 0 spiro atoms. The third kappa shape index (κ3) is 30.9. The molecule has 2 aromatic rings. The van der Waals surface area contributed by atoms with Gasteiger partial charge in [-0.3, -0.25) is 9.80 Å². The van der Waals surface area contributed by atoms with Crippen molar-refractivity contribution in [2.24, 2.45) is 0 Å². The smallest absolute Gasteiger partial charge is 0.0234 e. The molecule has 2 saturated heterocycles. The molecule has 2 heterocycles. The molecule has 2 aliphatic rings. The quantitative estimate of drug-likeness (QED) is 0.245. The number of rotatable bonds is 5. The molecular weight excluding hydrogens is 1190 g/mol. The van der Waals surface area contributed by atoms with Crippen molar-refractivity contribution < 1.29 is 11.0 Å². The van der Waals surface area contributed by atoms with Crippen LogP contribution in [-0.4, -0.2) is 125 Å². The predicted molar refractivity (Wildman–Crippen MR) is 268 cm³/mol. The van der Waals surface area contributed by atoms with Crippen molar-refractivity contribution in [3.63, 3.8) is 0 Å². The average Bonchev–Trinajstić information content (AvgIpc) is 3.01. The summed E-state index contributed by atoms with van der Waals surface area (Å²) in [5, 5.41) is 21.6. The fraction of sp³-hybridized carbons (Fsp3) is 0.647. The molecular formula is C34H70Br8N8O2. The Kier molecular flexibility index (Phi) is 60.1. The molecule has 10 nitrogen and oxygen atoms in total. The Balaban J connectivity index is -0.000000405. The maximum Gasteiger partial charge on any atom is 0.0234 e. The van der Waals surface area contributed by atoms with Crippen molar-refractivity contribution in [2.45, 2.75) is 38.8 Å². The molecule has 0 atom stereocenters. The van der Waals surface area contributed by atoms with Crippen molar-refractivity contribution in [1.29, 1.82) is 0 Å². The molecule has 0 saturated carbocycles. The molecule has 2 aliphatic heterocycles. The summed E-state index contributed by atoms with van der Waals surface area (Å²) in [6.45, 7) is 19.2. The number of nitrogens with one attached hydrogen (secondary N) is 6. The van der Waals surface area contributed by atoms with Crippen molar-refractivity contribution in [1.82, 2.24) is 41.7 Å². The first kappa shape index (κ1) is 68.6. The summed E-state index contributed by atoms with van der Waals surface area (Å²) in [5.74, 6) is 0. The number of hydrogen-bond donors (Lipinski definition) is 6. The molecule has 0 radical (unpaired) electrons. The van der Waals surface area contributed by atoms with Gasteiger partial charge in [-0.2, -0.15) is 0 Å². The van der Waals surface area contributed by atoms with E-state index < -0.39 is 0 Å². The molecule has 2 fully saturated rings. The van der Waals surface area contributed by atoms with E-state index in [1.165, 1.54) is 47.9 Å². The number of benzene rings is 2. The fourth-order valence-electron chi connectivity index (χ4n) is 5.91. The Hall–Kier alpha value is 1.88. The third-order valence-corrected chi connectivity index (χ3v) is 8.21. The zero-order valence-corrected chi connectivity index (χ0v) is 44.0. The lowest BCUT2D eigenvalue weighted by Gasteiger charge is -2.26. The molecule has 0 aliphatic carbocycles. The molecule has 10 N–H and O–H groups in total. The summed E-state index contributed by atoms with van der Waals surface area (Å²) in [5.41, 5.74) is 5.51. The number of nitrogens with zero attached hydrogens (tertiary/aromatic N) is 2. The van der Waals surface area contributed by atoms with Gasteiger partial charge in [-0.15, -0.1) is 136 Å². The van der Waals surface area contributed by atoms with E-state index in [1.807, 2.05) is 0 Å². The van der Waals surface area contributed by atoms with Crippen LogP contribution in [-0.2, 0) is 13.1 Å². The maximum atomic E-state index is 3.68. The van der Waals surface area contributed by atoms with Gasteiger partial charge in [-0.05, 0) is 112 Å². The Morgan fingerprint density at radius 1 is 0.365 bits per heavy atom. The zero-order valence-electron chi connectivity index (χ0n) is 30.3. The van der Waals surface area contributed by atoms with E-state index in [-0.39, 0.29) is 147 Å². The molecule has 314 valence electrons. The van der Waals surface area contributed by atoms with E-state index in [1.54, 1.807) is 0 Å². The fourth-order valence-corrected chi connectivity index (χ4v) is 5.91. The summed E-state index contributed by atoms with van der Waals surface area (Å²) in [4.78, 5) is 5.30. The third-order valence-electron chi connectivity index (χ3n) is 8.21. The van der Waals surface area contributed by atoms with E-state index in [2.05, 4.69) is 90.2 Å². The van der Waals surface area contributed by atoms with Crippen LogP contribution < -0.4 is 31.9 Å². The van der Waals surface area contributed by atoms with Crippen LogP contribution in [0.3, 0.4) is 0 Å². The minimum absolute atomic E-state index is 0. The first-order valence-corrected chi connectivity index (χ1v) is 16.7. The van der Waals surface area contributed by atoms with Crippen molar-refractivity contribution in [3.05, 3.63) is 59.7 Å². The van der Waals surface area contributed by atoms with Crippen LogP contribution in [0.4, 0.5) is 0 Å². The maximum absolute atomic E-state index is 3.68. The largest absolute Gasteiger partial charge is 0.412 e. The van der Waals surface area contributed by atoms with E-state index in [0.717, 1.165) is 118 Å². The van der Waals surface area contributed by atoms with Gasteiger partial charge in [0.2, 0.25) is 0 Å². The molecule has 18 heteroatoms. The van der Waals surface area contributed by atoms with Crippen LogP contribution in [0.5, 0.6) is 0 Å². The van der Waals surface area contributed by atoms with Crippen molar-refractivity contribution >= 4 is 136 Å². The summed E-state index contributed by atoms with van der Waals surface area (Å²) in [6.07, 6.45) is 4.72. The normalized spacial score (nSPS) is 17.2. The van der Waals surface area contributed by atoms with Gasteiger partial charge in [0.15, 0.2) is 0 Å². The average molecular weight is 1260 g/mol. The number of hydrogen-bond acceptors (Lipinski definition) is 8. The van der Waals surface area contributed by atoms with Crippen molar-refractivity contribution in [2.75, 3.05) is 105 Å². The highest BCUT2D eigenvalue weighted by atomic mass is 79.9. The Labute approximate surface area is 398 Å². The predicted octanol–water partition coefficient (Wildman–Crippen LogP) is 5.06. The topological polar surface area (TPSA) is 142 Å². The van der Waals surface area contributed by atoms with E-state index in [0.29, 0.717) is 0 Å². The molecule has 52 heavy (non-hydrogen) atoms. The van der Waals surface area contributed by atoms with E-state index in [9.17, 15) is 0 Å². The Morgan fingerprint density at radius 2 is 0.712 bits per heavy atom. The van der Waals surface area contributed by atoms with Crippen LogP contribution in [0, 0.1) is 0 Å². The first-order valence-electron chi connectivity index (χ1n) is 16.7. The Morgan fingerprint density at radius 3 is 1.10 bits per heavy atom. The summed E-state index contributed by atoms with van der Waals surface area (Å²) in [6, 6.07) is 18.3. The lowest BCUT2D eigenvalue weighted by atomic mass is 9.99. The minimum atomic E-state index is 0. The van der Waals surface area contributed by atoms with E-state index >= 15 is 0 Å². The minimum Gasteiger partial charge on any atom is -0.412 e. The van der Waals surface area contributed by atoms with Gasteiger partial charge >= 0.3 is 0 Å². The summed E-state index contributed by atoms with van der Waals surface area (Å²) < 4.78 is 0. The SMILES string of the molecule is Br.Br.Br.Br.Br.Br.Br.Br.O.O.c1ccc(-c2cc(CN3CCCNCCNCCCNCC3)cc(CN3CCCNCCNCCCNCC3)c2)cc1. The molecule has 0 unspecified atom stereocenters. The Bertz CT molecular complexity index is 918. The van der Waals surface area contributed by atoms with Gasteiger partial charge < -0.3 is 42.9 Å². The van der Waals surface area contributed by atoms with Crippen molar-refractivity contribution in [3.8, 4) is 11.1 Å². The molecule has 4 rings (SSSR count). The van der Waals surface area contributed by atoms with Gasteiger partial charge in [-0.25, -0.2) is 0 Å². The van der Waals surface area contributed by atoms with E-state index in [4.69, 9.17) is 0 Å². The second-order valence-corrected chi connectivity index (χ2v) is 11.9. The van der Waals surface area contributed by atoms with Crippen LogP contribution >= 0.6 is 136 Å². The lowest BCUT2D eigenvalue weighted by Crippen LogP contribution is -2.37. The molecule has 2 aromatic carbocycles. The van der Waals surface area contributed by atoms with Gasteiger partial charge in [0.05, 0.1) is 0 Å². The van der Waals surface area contributed by atoms with Gasteiger partial charge in [0.1, 0.15) is 0 Å². The lowest BCUT2D eigenvalue weighted by molar-refractivity contribution is 0.256. The highest BCUT2D eigenvalue weighted by Crippen LogP contribution is 2.24. The summed E-state index contributed by atoms with van der Waals surface area (Å²) in [7, 11) is 0. The highest BCUT2D eigenvalue weighted by molar-refractivity contribution is 8.93. The second kappa shape index (κ2) is 45.6. The number of halogens is 8. The molecule has 0 amide bonds. The summed E-state index contributed by atoms with van der Waals surface area (Å²) >= 11 is 0. The van der Waals surface area contributed by atoms with Gasteiger partial charge in [0, 0.05) is 65.4 Å². The first-order chi connectivity index (χ1) is 20.9. The highest BCUT2D eigenvalue weighted by Gasteiger charge is 2.12. The van der Waals surface area contributed by atoms with Crippen LogP contribution in [0.2, 0.25) is 0 Å². The standard InChI is InChI=1S/C34H58N8.8BrH.2H2O/c1-2-8-33(9-3-1)34-27-31(29-41-22-6-14-37-18-16-35-10-4-12-39-20-24-41)26-32(28-34)30-42-23-7-15-38-19-17-36-11-5-13-40-21-25-42;;;;;;;;;;/h1-3,8-9,26-28,35-40H,4-7,10-25,29-30H2;8*1H;2*1H2. The van der Waals surface area contributed by atoms with Gasteiger partial charge in [-0.1, -0.05) is 36.4 Å². The monoisotopic (exact) mass is 1250 g/mol. The zero-order chi connectivity index (χ0) is 28.9. The second-order valence-electron chi connectivity index (χ2n) is 11.9. The van der Waals surface area contributed by atoms with Gasteiger partial charge in [0.25, 0.3) is 0 Å². The van der Waals surface area contributed by atoms with Crippen LogP contribution in [0.1, 0.15) is 36.8 Å². The molecule has 0 aromatic heterocycles. The van der Waals surface area contributed by atoms with Crippen LogP contribution in [0.15, 0.2) is 48.5 Å². The molecule has 0 bridgehead atoms. The van der Waals surface area contributed by atoms with Crippen LogP contribution in [0.25, 0.3) is 11.1 Å².